The number of nitrogens with two attached hydrogens (primary N) is 1. The molecule has 1 heterocycles. The van der Waals surface area contributed by atoms with Crippen molar-refractivity contribution in [3.63, 3.8) is 0 Å². The van der Waals surface area contributed by atoms with Gasteiger partial charge >= 0.3 is 0 Å². The van der Waals surface area contributed by atoms with Crippen molar-refractivity contribution in [1.82, 2.24) is 20.2 Å². The van der Waals surface area contributed by atoms with Gasteiger partial charge in [0.15, 0.2) is 5.82 Å². The monoisotopic (exact) mass is 263 g/mol. The summed E-state index contributed by atoms with van der Waals surface area (Å²) in [6.45, 7) is 1.04. The molecular formula is C12H17N5O2. The molecular weight excluding hydrogens is 246 g/mol. The first-order valence-corrected chi connectivity index (χ1v) is 5.94. The zero-order chi connectivity index (χ0) is 13.7. The first-order valence-electron chi connectivity index (χ1n) is 5.94. The zero-order valence-electron chi connectivity index (χ0n) is 11.0. The van der Waals surface area contributed by atoms with Gasteiger partial charge in [-0.3, -0.25) is 0 Å². The van der Waals surface area contributed by atoms with E-state index < -0.39 is 0 Å². The van der Waals surface area contributed by atoms with Gasteiger partial charge in [0.2, 0.25) is 0 Å². The maximum Gasteiger partial charge on any atom is 0.179 e. The van der Waals surface area contributed by atoms with Crippen LogP contribution < -0.4 is 15.2 Å². The van der Waals surface area contributed by atoms with Crippen LogP contribution in [0.4, 0.5) is 0 Å². The van der Waals surface area contributed by atoms with E-state index in [0.29, 0.717) is 25.3 Å². The van der Waals surface area contributed by atoms with Gasteiger partial charge in [0.25, 0.3) is 0 Å². The van der Waals surface area contributed by atoms with Crippen LogP contribution in [0.25, 0.3) is 0 Å². The molecule has 0 aliphatic carbocycles. The van der Waals surface area contributed by atoms with Crippen LogP contribution >= 0.6 is 0 Å². The third kappa shape index (κ3) is 3.19. The summed E-state index contributed by atoms with van der Waals surface area (Å²) in [7, 11) is 3.26. The summed E-state index contributed by atoms with van der Waals surface area (Å²) in [6.07, 6.45) is 0.533. The van der Waals surface area contributed by atoms with Crippen molar-refractivity contribution in [2.75, 3.05) is 20.8 Å². The number of hydrogen-bond acceptors (Lipinski definition) is 6. The van der Waals surface area contributed by atoms with Gasteiger partial charge in [0, 0.05) is 18.5 Å². The predicted octanol–water partition coefficient (Wildman–Crippen LogP) is 0.240. The molecule has 1 aromatic heterocycles. The summed E-state index contributed by atoms with van der Waals surface area (Å²) in [5.74, 6) is 2.17. The SMILES string of the molecule is COc1ccc(OC)c(Cc2nnn(CCN)n2)c1. The number of rotatable bonds is 6. The van der Waals surface area contributed by atoms with Crippen molar-refractivity contribution < 1.29 is 9.47 Å². The first kappa shape index (κ1) is 13.3. The molecule has 0 unspecified atom stereocenters. The lowest BCUT2D eigenvalue weighted by Crippen LogP contribution is -2.12. The maximum atomic E-state index is 5.44. The van der Waals surface area contributed by atoms with Crippen molar-refractivity contribution in [2.45, 2.75) is 13.0 Å². The van der Waals surface area contributed by atoms with Gasteiger partial charge in [0.05, 0.1) is 20.8 Å². The quantitative estimate of drug-likeness (QED) is 0.803. The van der Waals surface area contributed by atoms with Gasteiger partial charge in [-0.25, -0.2) is 0 Å². The Kier molecular flexibility index (Phi) is 4.30. The van der Waals surface area contributed by atoms with E-state index in [2.05, 4.69) is 15.4 Å². The third-order valence-corrected chi connectivity index (χ3v) is 2.66. The second-order valence-corrected chi connectivity index (χ2v) is 3.94. The third-order valence-electron chi connectivity index (χ3n) is 2.66. The molecule has 7 heteroatoms. The Labute approximate surface area is 111 Å². The van der Waals surface area contributed by atoms with E-state index in [0.717, 1.165) is 17.1 Å². The molecule has 0 aliphatic heterocycles. The van der Waals surface area contributed by atoms with E-state index in [9.17, 15) is 0 Å². The molecule has 1 aromatic carbocycles. The minimum Gasteiger partial charge on any atom is -0.497 e. The highest BCUT2D eigenvalue weighted by Gasteiger charge is 2.10. The van der Waals surface area contributed by atoms with E-state index in [1.807, 2.05) is 18.2 Å². The molecule has 0 aliphatic rings. The molecule has 0 atom stereocenters. The largest absolute Gasteiger partial charge is 0.497 e. The van der Waals surface area contributed by atoms with Crippen molar-refractivity contribution in [3.05, 3.63) is 29.6 Å². The second kappa shape index (κ2) is 6.14. The van der Waals surface area contributed by atoms with Gasteiger partial charge < -0.3 is 15.2 Å². The molecule has 0 saturated carbocycles. The maximum absolute atomic E-state index is 5.44. The molecule has 102 valence electrons. The van der Waals surface area contributed by atoms with E-state index >= 15 is 0 Å². The average Bonchev–Trinajstić information content (AvgIpc) is 2.86. The van der Waals surface area contributed by atoms with Crippen molar-refractivity contribution in [3.8, 4) is 11.5 Å². The number of methoxy groups -OCH3 is 2. The molecule has 7 nitrogen and oxygen atoms in total. The topological polar surface area (TPSA) is 88.1 Å². The molecule has 2 aromatic rings. The van der Waals surface area contributed by atoms with Crippen molar-refractivity contribution >= 4 is 0 Å². The molecule has 19 heavy (non-hydrogen) atoms. The average molecular weight is 263 g/mol. The molecule has 0 saturated heterocycles. The smallest absolute Gasteiger partial charge is 0.179 e. The fraction of sp³-hybridized carbons (Fsp3) is 0.417. The number of nitrogens with zero attached hydrogens (tertiary/aromatic N) is 4. The zero-order valence-corrected chi connectivity index (χ0v) is 11.0. The van der Waals surface area contributed by atoms with Gasteiger partial charge in [-0.1, -0.05) is 0 Å². The minimum absolute atomic E-state index is 0.484. The molecule has 0 spiro atoms. The predicted molar refractivity (Wildman–Crippen MR) is 69.2 cm³/mol. The highest BCUT2D eigenvalue weighted by molar-refractivity contribution is 5.41. The Bertz CT molecular complexity index is 541. The van der Waals surface area contributed by atoms with Crippen molar-refractivity contribution in [1.29, 1.82) is 0 Å². The van der Waals surface area contributed by atoms with E-state index in [-0.39, 0.29) is 0 Å². The fourth-order valence-electron chi connectivity index (χ4n) is 1.75. The van der Waals surface area contributed by atoms with Crippen LogP contribution in [0, 0.1) is 0 Å². The summed E-state index contributed by atoms with van der Waals surface area (Å²) in [6, 6.07) is 5.61. The van der Waals surface area contributed by atoms with Crippen LogP contribution in [-0.4, -0.2) is 41.0 Å². The summed E-state index contributed by atoms with van der Waals surface area (Å²) < 4.78 is 10.5. The number of aromatic nitrogens is 4. The van der Waals surface area contributed by atoms with E-state index in [4.69, 9.17) is 15.2 Å². The standard InChI is InChI=1S/C12H17N5O2/c1-18-10-3-4-11(19-2)9(7-10)8-12-14-16-17(15-12)6-5-13/h3-4,7H,5-6,8,13H2,1-2H3. The van der Waals surface area contributed by atoms with Gasteiger partial charge in [-0.05, 0) is 23.4 Å². The van der Waals surface area contributed by atoms with Crippen molar-refractivity contribution in [2.24, 2.45) is 5.73 Å². The highest BCUT2D eigenvalue weighted by atomic mass is 16.5. The lowest BCUT2D eigenvalue weighted by Gasteiger charge is -2.08. The molecule has 2 N–H and O–H groups in total. The summed E-state index contributed by atoms with van der Waals surface area (Å²) in [5.41, 5.74) is 6.39. The lowest BCUT2D eigenvalue weighted by molar-refractivity contribution is 0.399. The van der Waals surface area contributed by atoms with Crippen LogP contribution in [0.5, 0.6) is 11.5 Å². The number of hydrogen-bond donors (Lipinski definition) is 1. The number of benzene rings is 1. The Morgan fingerprint density at radius 1 is 1.26 bits per heavy atom. The number of ether oxygens (including phenoxy) is 2. The molecule has 0 amide bonds. The number of tetrazole rings is 1. The Morgan fingerprint density at radius 3 is 2.79 bits per heavy atom. The van der Waals surface area contributed by atoms with E-state index in [1.165, 1.54) is 4.80 Å². The van der Waals surface area contributed by atoms with Gasteiger partial charge in [0.1, 0.15) is 11.5 Å². The van der Waals surface area contributed by atoms with Crippen LogP contribution in [0.15, 0.2) is 18.2 Å². The van der Waals surface area contributed by atoms with E-state index in [1.54, 1.807) is 14.2 Å². The van der Waals surface area contributed by atoms with Crippen LogP contribution in [-0.2, 0) is 13.0 Å². The first-order chi connectivity index (χ1) is 9.26. The minimum atomic E-state index is 0.484. The van der Waals surface area contributed by atoms with Gasteiger partial charge in [-0.2, -0.15) is 4.80 Å². The Hall–Kier alpha value is -2.15. The molecule has 0 bridgehead atoms. The Balaban J connectivity index is 2.20. The van der Waals surface area contributed by atoms with Gasteiger partial charge in [-0.15, -0.1) is 10.2 Å². The fourth-order valence-corrected chi connectivity index (χ4v) is 1.75. The molecule has 0 radical (unpaired) electrons. The molecule has 2 rings (SSSR count). The normalized spacial score (nSPS) is 10.5. The molecule has 0 fully saturated rings. The summed E-state index contributed by atoms with van der Waals surface area (Å²) in [4.78, 5) is 1.49. The lowest BCUT2D eigenvalue weighted by atomic mass is 10.1. The Morgan fingerprint density at radius 2 is 2.11 bits per heavy atom. The highest BCUT2D eigenvalue weighted by Crippen LogP contribution is 2.25. The summed E-state index contributed by atoms with van der Waals surface area (Å²) in [5, 5.41) is 12.2. The summed E-state index contributed by atoms with van der Waals surface area (Å²) >= 11 is 0. The van der Waals surface area contributed by atoms with Crippen LogP contribution in [0.3, 0.4) is 0 Å². The van der Waals surface area contributed by atoms with Crippen LogP contribution in [0.2, 0.25) is 0 Å². The van der Waals surface area contributed by atoms with Crippen LogP contribution in [0.1, 0.15) is 11.4 Å². The second-order valence-electron chi connectivity index (χ2n) is 3.94.